The van der Waals surface area contributed by atoms with Gasteiger partial charge in [-0.3, -0.25) is 9.59 Å². The lowest BCUT2D eigenvalue weighted by Gasteiger charge is -2.05. The fraction of sp³-hybridized carbons (Fsp3) is 0.286. The van der Waals surface area contributed by atoms with E-state index in [-0.39, 0.29) is 24.9 Å². The number of nitrogens with zero attached hydrogens (tertiary/aromatic N) is 2. The fourth-order valence-corrected chi connectivity index (χ4v) is 1.81. The van der Waals surface area contributed by atoms with Crippen LogP contribution in [0.1, 0.15) is 29.0 Å². The number of amides is 1. The summed E-state index contributed by atoms with van der Waals surface area (Å²) in [5.41, 5.74) is 0.459. The number of carbonyl (C=O) groups excluding carboxylic acids is 2. The van der Waals surface area contributed by atoms with Gasteiger partial charge in [0, 0.05) is 16.5 Å². The number of ether oxygens (including phenoxy) is 1. The molecule has 0 spiro atoms. The largest absolute Gasteiger partial charge is 0.454 e. The van der Waals surface area contributed by atoms with Crippen molar-refractivity contribution in [2.45, 2.75) is 20.0 Å². The third-order valence-electron chi connectivity index (χ3n) is 2.68. The quantitative estimate of drug-likeness (QED) is 0.783. The number of aryl methyl sites for hydroxylation is 1. The molecule has 0 saturated carbocycles. The van der Waals surface area contributed by atoms with E-state index in [1.165, 1.54) is 0 Å². The number of rotatable bonds is 6. The summed E-state index contributed by atoms with van der Waals surface area (Å²) >= 11 is 3.28. The van der Waals surface area contributed by atoms with Crippen LogP contribution < -0.4 is 5.32 Å². The van der Waals surface area contributed by atoms with Crippen molar-refractivity contribution in [1.29, 1.82) is 0 Å². The van der Waals surface area contributed by atoms with Gasteiger partial charge in [-0.25, -0.2) is 0 Å². The molecule has 0 bridgehead atoms. The molecule has 0 unspecified atom stereocenters. The van der Waals surface area contributed by atoms with Gasteiger partial charge in [-0.1, -0.05) is 28.0 Å². The molecule has 1 heterocycles. The highest BCUT2D eigenvalue weighted by atomic mass is 79.9. The van der Waals surface area contributed by atoms with Crippen LogP contribution in [0.3, 0.4) is 0 Å². The zero-order valence-electron chi connectivity index (χ0n) is 11.8. The van der Waals surface area contributed by atoms with Crippen molar-refractivity contribution in [2.75, 3.05) is 6.54 Å². The van der Waals surface area contributed by atoms with Crippen LogP contribution in [0, 0.1) is 0 Å². The molecule has 0 aliphatic rings. The monoisotopic (exact) mass is 367 g/mol. The van der Waals surface area contributed by atoms with E-state index in [1.807, 2.05) is 6.92 Å². The molecule has 0 aliphatic carbocycles. The summed E-state index contributed by atoms with van der Waals surface area (Å²) in [5.74, 6) is -0.156. The highest BCUT2D eigenvalue weighted by molar-refractivity contribution is 9.10. The van der Waals surface area contributed by atoms with Gasteiger partial charge in [0.05, 0.1) is 0 Å². The number of hydrogen-bond donors (Lipinski definition) is 1. The van der Waals surface area contributed by atoms with Crippen LogP contribution in [0.2, 0.25) is 0 Å². The second-order valence-electron chi connectivity index (χ2n) is 4.31. The molecule has 22 heavy (non-hydrogen) atoms. The van der Waals surface area contributed by atoms with Gasteiger partial charge in [0.1, 0.15) is 6.54 Å². The van der Waals surface area contributed by atoms with E-state index < -0.39 is 5.97 Å². The number of carbonyl (C=O) groups is 2. The smallest absolute Gasteiger partial charge is 0.325 e. The molecule has 1 amide bonds. The average Bonchev–Trinajstić information content (AvgIpc) is 2.99. The molecule has 8 heteroatoms. The summed E-state index contributed by atoms with van der Waals surface area (Å²) in [5, 5.41) is 6.16. The third kappa shape index (κ3) is 4.66. The topological polar surface area (TPSA) is 94.3 Å². The molecule has 0 atom stereocenters. The number of aromatic nitrogens is 2. The summed E-state index contributed by atoms with van der Waals surface area (Å²) in [7, 11) is 0. The van der Waals surface area contributed by atoms with Crippen LogP contribution in [-0.4, -0.2) is 28.6 Å². The number of halogens is 1. The predicted molar refractivity (Wildman–Crippen MR) is 79.9 cm³/mol. The van der Waals surface area contributed by atoms with E-state index in [0.29, 0.717) is 17.8 Å². The van der Waals surface area contributed by atoms with E-state index >= 15 is 0 Å². The van der Waals surface area contributed by atoms with E-state index in [2.05, 4.69) is 31.4 Å². The Balaban J connectivity index is 1.75. The fourth-order valence-electron chi connectivity index (χ4n) is 1.54. The molecule has 116 valence electrons. The van der Waals surface area contributed by atoms with E-state index in [1.54, 1.807) is 24.3 Å². The van der Waals surface area contributed by atoms with Crippen molar-refractivity contribution in [1.82, 2.24) is 15.5 Å². The van der Waals surface area contributed by atoms with Crippen molar-refractivity contribution in [3.63, 3.8) is 0 Å². The SMILES string of the molecule is CCc1noc(COC(=O)CNC(=O)c2ccc(Br)cc2)n1. The summed E-state index contributed by atoms with van der Waals surface area (Å²) in [6, 6.07) is 6.78. The van der Waals surface area contributed by atoms with Gasteiger partial charge in [0.25, 0.3) is 11.8 Å². The Bertz CT molecular complexity index is 654. The molecule has 0 fully saturated rings. The van der Waals surface area contributed by atoms with Gasteiger partial charge in [-0.2, -0.15) is 4.98 Å². The van der Waals surface area contributed by atoms with Gasteiger partial charge < -0.3 is 14.6 Å². The molecule has 2 rings (SSSR count). The summed E-state index contributed by atoms with van der Waals surface area (Å²) in [6.07, 6.45) is 0.640. The van der Waals surface area contributed by atoms with E-state index in [9.17, 15) is 9.59 Å². The lowest BCUT2D eigenvalue weighted by atomic mass is 10.2. The van der Waals surface area contributed by atoms with Crippen LogP contribution in [0.5, 0.6) is 0 Å². The Morgan fingerprint density at radius 1 is 1.32 bits per heavy atom. The molecule has 1 N–H and O–H groups in total. The Labute approximate surface area is 135 Å². The maximum Gasteiger partial charge on any atom is 0.325 e. The van der Waals surface area contributed by atoms with Gasteiger partial charge in [0.15, 0.2) is 12.4 Å². The highest BCUT2D eigenvalue weighted by Gasteiger charge is 2.11. The Morgan fingerprint density at radius 3 is 2.68 bits per heavy atom. The normalized spacial score (nSPS) is 10.3. The molecule has 2 aromatic rings. The number of benzene rings is 1. The Kier molecular flexibility index (Phi) is 5.65. The molecule has 1 aromatic heterocycles. The molecule has 0 radical (unpaired) electrons. The number of nitrogens with one attached hydrogen (secondary N) is 1. The van der Waals surface area contributed by atoms with Crippen molar-refractivity contribution < 1.29 is 18.8 Å². The lowest BCUT2D eigenvalue weighted by Crippen LogP contribution is -2.30. The Hall–Kier alpha value is -2.22. The molecule has 0 saturated heterocycles. The average molecular weight is 368 g/mol. The van der Waals surface area contributed by atoms with E-state index in [4.69, 9.17) is 9.26 Å². The summed E-state index contributed by atoms with van der Waals surface area (Å²) < 4.78 is 10.7. The van der Waals surface area contributed by atoms with Gasteiger partial charge in [-0.15, -0.1) is 0 Å². The minimum atomic E-state index is -0.582. The van der Waals surface area contributed by atoms with Crippen molar-refractivity contribution in [3.8, 4) is 0 Å². The number of hydrogen-bond acceptors (Lipinski definition) is 6. The minimum absolute atomic E-state index is 0.111. The predicted octanol–water partition coefficient (Wildman–Crippen LogP) is 1.87. The van der Waals surface area contributed by atoms with Gasteiger partial charge >= 0.3 is 5.97 Å². The van der Waals surface area contributed by atoms with Crippen molar-refractivity contribution >= 4 is 27.8 Å². The van der Waals surface area contributed by atoms with Crippen molar-refractivity contribution in [3.05, 3.63) is 46.0 Å². The standard InChI is InChI=1S/C14H14BrN3O4/c1-2-11-17-12(22-18-11)8-21-13(19)7-16-14(20)9-3-5-10(15)6-4-9/h3-6H,2,7-8H2,1H3,(H,16,20). The van der Waals surface area contributed by atoms with Crippen LogP contribution in [-0.2, 0) is 22.6 Å². The second-order valence-corrected chi connectivity index (χ2v) is 5.22. The van der Waals surface area contributed by atoms with Crippen LogP contribution in [0.25, 0.3) is 0 Å². The number of esters is 1. The van der Waals surface area contributed by atoms with Crippen LogP contribution in [0.15, 0.2) is 33.3 Å². The molecular weight excluding hydrogens is 354 g/mol. The summed E-state index contributed by atoms with van der Waals surface area (Å²) in [6.45, 7) is 1.54. The Morgan fingerprint density at radius 2 is 2.05 bits per heavy atom. The lowest BCUT2D eigenvalue weighted by molar-refractivity contribution is -0.144. The molecule has 1 aromatic carbocycles. The first-order valence-corrected chi connectivity index (χ1v) is 7.38. The molecular formula is C14H14BrN3O4. The zero-order chi connectivity index (χ0) is 15.9. The molecule has 7 nitrogen and oxygen atoms in total. The first-order chi connectivity index (χ1) is 10.6. The third-order valence-corrected chi connectivity index (χ3v) is 3.21. The van der Waals surface area contributed by atoms with Crippen molar-refractivity contribution in [2.24, 2.45) is 0 Å². The van der Waals surface area contributed by atoms with Crippen LogP contribution >= 0.6 is 15.9 Å². The molecule has 0 aliphatic heterocycles. The summed E-state index contributed by atoms with van der Waals surface area (Å²) in [4.78, 5) is 27.4. The second kappa shape index (κ2) is 7.69. The first kappa shape index (κ1) is 16.2. The zero-order valence-corrected chi connectivity index (χ0v) is 13.4. The first-order valence-electron chi connectivity index (χ1n) is 6.59. The van der Waals surface area contributed by atoms with Crippen LogP contribution in [0.4, 0.5) is 0 Å². The maximum absolute atomic E-state index is 11.8. The van der Waals surface area contributed by atoms with Gasteiger partial charge in [0.2, 0.25) is 0 Å². The van der Waals surface area contributed by atoms with E-state index in [0.717, 1.165) is 4.47 Å². The van der Waals surface area contributed by atoms with Gasteiger partial charge in [-0.05, 0) is 24.3 Å². The minimum Gasteiger partial charge on any atom is -0.454 e. The maximum atomic E-state index is 11.8. The highest BCUT2D eigenvalue weighted by Crippen LogP contribution is 2.10.